The Labute approximate surface area is 106 Å². The molecule has 0 aromatic rings. The van der Waals surface area contributed by atoms with E-state index >= 15 is 0 Å². The Morgan fingerprint density at radius 1 is 1.41 bits per heavy atom. The molecule has 1 aliphatic heterocycles. The molecule has 0 aromatic carbocycles. The number of nitrogens with zero attached hydrogens (tertiary/aromatic N) is 1. The summed E-state index contributed by atoms with van der Waals surface area (Å²) in [6.07, 6.45) is 5.79. The van der Waals surface area contributed by atoms with E-state index < -0.39 is 0 Å². The van der Waals surface area contributed by atoms with Gasteiger partial charge in [0.05, 0.1) is 0 Å². The Morgan fingerprint density at radius 2 is 2.18 bits per heavy atom. The minimum absolute atomic E-state index is 0.171. The van der Waals surface area contributed by atoms with E-state index in [1.807, 2.05) is 6.92 Å². The van der Waals surface area contributed by atoms with Gasteiger partial charge in [-0.2, -0.15) is 0 Å². The summed E-state index contributed by atoms with van der Waals surface area (Å²) in [7, 11) is 0. The van der Waals surface area contributed by atoms with Crippen molar-refractivity contribution in [2.45, 2.75) is 58.9 Å². The SMILES string of the molecule is CCCN(CC1CCCCN1)C(=O)C(C)CC. The molecule has 1 fully saturated rings. The first-order valence-corrected chi connectivity index (χ1v) is 7.21. The molecule has 2 atom stereocenters. The van der Waals surface area contributed by atoms with Gasteiger partial charge in [-0.1, -0.05) is 27.2 Å². The van der Waals surface area contributed by atoms with Crippen LogP contribution >= 0.6 is 0 Å². The average molecular weight is 240 g/mol. The zero-order valence-corrected chi connectivity index (χ0v) is 11.7. The summed E-state index contributed by atoms with van der Waals surface area (Å²) in [4.78, 5) is 14.3. The number of carbonyl (C=O) groups excluding carboxylic acids is 1. The minimum Gasteiger partial charge on any atom is -0.341 e. The Balaban J connectivity index is 2.48. The highest BCUT2D eigenvalue weighted by atomic mass is 16.2. The van der Waals surface area contributed by atoms with E-state index in [0.29, 0.717) is 11.9 Å². The molecule has 1 rings (SSSR count). The van der Waals surface area contributed by atoms with Crippen LogP contribution in [0.15, 0.2) is 0 Å². The molecule has 0 saturated carbocycles. The van der Waals surface area contributed by atoms with Crippen molar-refractivity contribution in [1.82, 2.24) is 10.2 Å². The van der Waals surface area contributed by atoms with Crippen molar-refractivity contribution in [1.29, 1.82) is 0 Å². The lowest BCUT2D eigenvalue weighted by Gasteiger charge is -2.32. The van der Waals surface area contributed by atoms with Gasteiger partial charge in [0.15, 0.2) is 0 Å². The molecular formula is C14H28N2O. The van der Waals surface area contributed by atoms with E-state index in [-0.39, 0.29) is 5.92 Å². The van der Waals surface area contributed by atoms with Crippen LogP contribution in [0.25, 0.3) is 0 Å². The molecule has 1 heterocycles. The highest BCUT2D eigenvalue weighted by Gasteiger charge is 2.22. The summed E-state index contributed by atoms with van der Waals surface area (Å²) in [5.74, 6) is 0.506. The lowest BCUT2D eigenvalue weighted by atomic mass is 10.0. The molecule has 100 valence electrons. The molecular weight excluding hydrogens is 212 g/mol. The fraction of sp³-hybridized carbons (Fsp3) is 0.929. The number of nitrogens with one attached hydrogen (secondary N) is 1. The lowest BCUT2D eigenvalue weighted by Crippen LogP contribution is -2.47. The van der Waals surface area contributed by atoms with E-state index in [1.54, 1.807) is 0 Å². The van der Waals surface area contributed by atoms with Crippen molar-refractivity contribution in [3.63, 3.8) is 0 Å². The third-order valence-electron chi connectivity index (χ3n) is 3.69. The largest absolute Gasteiger partial charge is 0.341 e. The standard InChI is InChI=1S/C14H28N2O/c1-4-10-16(14(17)12(3)5-2)11-13-8-6-7-9-15-13/h12-13,15H,4-11H2,1-3H3. The summed E-state index contributed by atoms with van der Waals surface area (Å²) in [5, 5.41) is 3.53. The van der Waals surface area contributed by atoms with Crippen LogP contribution in [0.4, 0.5) is 0 Å². The molecule has 0 aliphatic carbocycles. The van der Waals surface area contributed by atoms with Crippen molar-refractivity contribution in [3.05, 3.63) is 0 Å². The molecule has 0 spiro atoms. The molecule has 0 aromatic heterocycles. The normalized spacial score (nSPS) is 22.2. The zero-order valence-electron chi connectivity index (χ0n) is 11.7. The van der Waals surface area contributed by atoms with Crippen LogP contribution in [0.1, 0.15) is 52.9 Å². The van der Waals surface area contributed by atoms with Crippen molar-refractivity contribution in [3.8, 4) is 0 Å². The highest BCUT2D eigenvalue weighted by Crippen LogP contribution is 2.12. The van der Waals surface area contributed by atoms with Crippen molar-refractivity contribution >= 4 is 5.91 Å². The van der Waals surface area contributed by atoms with Gasteiger partial charge >= 0.3 is 0 Å². The van der Waals surface area contributed by atoms with E-state index in [9.17, 15) is 4.79 Å². The first-order chi connectivity index (χ1) is 8.19. The van der Waals surface area contributed by atoms with Crippen LogP contribution in [-0.4, -0.2) is 36.5 Å². The van der Waals surface area contributed by atoms with Gasteiger partial charge in [0, 0.05) is 25.0 Å². The zero-order chi connectivity index (χ0) is 12.7. The van der Waals surface area contributed by atoms with Gasteiger partial charge in [0.25, 0.3) is 0 Å². The Kier molecular flexibility index (Phi) is 6.56. The lowest BCUT2D eigenvalue weighted by molar-refractivity contribution is -0.135. The highest BCUT2D eigenvalue weighted by molar-refractivity contribution is 5.78. The summed E-state index contributed by atoms with van der Waals surface area (Å²) >= 11 is 0. The maximum atomic E-state index is 12.2. The topological polar surface area (TPSA) is 32.3 Å². The van der Waals surface area contributed by atoms with Gasteiger partial charge in [-0.25, -0.2) is 0 Å². The summed E-state index contributed by atoms with van der Waals surface area (Å²) < 4.78 is 0. The van der Waals surface area contributed by atoms with Crippen molar-refractivity contribution in [2.75, 3.05) is 19.6 Å². The maximum Gasteiger partial charge on any atom is 0.225 e. The van der Waals surface area contributed by atoms with E-state index in [0.717, 1.165) is 32.5 Å². The van der Waals surface area contributed by atoms with Crippen LogP contribution in [-0.2, 0) is 4.79 Å². The number of amides is 1. The number of carbonyl (C=O) groups is 1. The van der Waals surface area contributed by atoms with Gasteiger partial charge in [-0.3, -0.25) is 4.79 Å². The van der Waals surface area contributed by atoms with Crippen molar-refractivity contribution < 1.29 is 4.79 Å². The third kappa shape index (κ3) is 4.66. The molecule has 1 amide bonds. The molecule has 1 N–H and O–H groups in total. The molecule has 3 heteroatoms. The molecule has 1 aliphatic rings. The molecule has 1 saturated heterocycles. The van der Waals surface area contributed by atoms with Crippen LogP contribution < -0.4 is 5.32 Å². The second-order valence-electron chi connectivity index (χ2n) is 5.24. The Morgan fingerprint density at radius 3 is 2.71 bits per heavy atom. The molecule has 3 nitrogen and oxygen atoms in total. The van der Waals surface area contributed by atoms with Crippen LogP contribution in [0.5, 0.6) is 0 Å². The van der Waals surface area contributed by atoms with Gasteiger partial charge in [-0.05, 0) is 32.2 Å². The molecule has 0 radical (unpaired) electrons. The minimum atomic E-state index is 0.171. The van der Waals surface area contributed by atoms with Crippen LogP contribution in [0, 0.1) is 5.92 Å². The van der Waals surface area contributed by atoms with E-state index in [1.165, 1.54) is 19.3 Å². The van der Waals surface area contributed by atoms with E-state index in [4.69, 9.17) is 0 Å². The first-order valence-electron chi connectivity index (χ1n) is 7.21. The second-order valence-corrected chi connectivity index (χ2v) is 5.24. The Bertz CT molecular complexity index is 224. The third-order valence-corrected chi connectivity index (χ3v) is 3.69. The van der Waals surface area contributed by atoms with Gasteiger partial charge < -0.3 is 10.2 Å². The number of piperidine rings is 1. The summed E-state index contributed by atoms with van der Waals surface area (Å²) in [5.41, 5.74) is 0. The van der Waals surface area contributed by atoms with Crippen LogP contribution in [0.3, 0.4) is 0 Å². The van der Waals surface area contributed by atoms with Gasteiger partial charge in [0.2, 0.25) is 5.91 Å². The predicted molar refractivity (Wildman–Crippen MR) is 72.0 cm³/mol. The number of hydrogen-bond donors (Lipinski definition) is 1. The molecule has 2 unspecified atom stereocenters. The van der Waals surface area contributed by atoms with Gasteiger partial charge in [-0.15, -0.1) is 0 Å². The smallest absolute Gasteiger partial charge is 0.225 e. The second kappa shape index (κ2) is 7.70. The number of rotatable bonds is 6. The fourth-order valence-corrected chi connectivity index (χ4v) is 2.39. The van der Waals surface area contributed by atoms with Crippen LogP contribution in [0.2, 0.25) is 0 Å². The fourth-order valence-electron chi connectivity index (χ4n) is 2.39. The first kappa shape index (κ1) is 14.5. The van der Waals surface area contributed by atoms with Crippen molar-refractivity contribution in [2.24, 2.45) is 5.92 Å². The predicted octanol–water partition coefficient (Wildman–Crippen LogP) is 2.41. The average Bonchev–Trinajstić information content (AvgIpc) is 2.37. The monoisotopic (exact) mass is 240 g/mol. The van der Waals surface area contributed by atoms with Gasteiger partial charge in [0.1, 0.15) is 0 Å². The molecule has 17 heavy (non-hydrogen) atoms. The summed E-state index contributed by atoms with van der Waals surface area (Å²) in [6, 6.07) is 0.517. The summed E-state index contributed by atoms with van der Waals surface area (Å²) in [6.45, 7) is 9.19. The number of hydrogen-bond acceptors (Lipinski definition) is 2. The maximum absolute atomic E-state index is 12.2. The quantitative estimate of drug-likeness (QED) is 0.773. The van der Waals surface area contributed by atoms with E-state index in [2.05, 4.69) is 24.1 Å². The Hall–Kier alpha value is -0.570. The molecule has 0 bridgehead atoms.